The first-order chi connectivity index (χ1) is 7.09. The normalized spacial score (nSPS) is 13.9. The van der Waals surface area contributed by atoms with E-state index in [0.29, 0.717) is 6.54 Å². The topological polar surface area (TPSA) is 49.3 Å². The minimum absolute atomic E-state index is 0.266. The Morgan fingerprint density at radius 1 is 1.73 bits per heavy atom. The van der Waals surface area contributed by atoms with E-state index in [1.807, 2.05) is 18.4 Å². The highest BCUT2D eigenvalue weighted by Crippen LogP contribution is 2.17. The number of hydrogen-bond acceptors (Lipinski definition) is 3. The number of hydrogen-bond donors (Lipinski definition) is 2. The van der Waals surface area contributed by atoms with E-state index in [2.05, 4.69) is 18.3 Å². The van der Waals surface area contributed by atoms with Gasteiger partial charge in [-0.05, 0) is 25.3 Å². The van der Waals surface area contributed by atoms with Crippen molar-refractivity contribution in [3.05, 3.63) is 34.0 Å². The van der Waals surface area contributed by atoms with Crippen LogP contribution >= 0.6 is 11.3 Å². The summed E-state index contributed by atoms with van der Waals surface area (Å²) in [4.78, 5) is 11.6. The third-order valence-corrected chi connectivity index (χ3v) is 3.08. The molecule has 0 unspecified atom stereocenters. The molecule has 0 aliphatic rings. The van der Waals surface area contributed by atoms with Gasteiger partial charge < -0.3 is 10.4 Å². The summed E-state index contributed by atoms with van der Waals surface area (Å²) in [7, 11) is 0. The molecule has 0 amide bonds. The van der Waals surface area contributed by atoms with Gasteiger partial charge in [-0.15, -0.1) is 11.3 Å². The van der Waals surface area contributed by atoms with Crippen molar-refractivity contribution < 1.29 is 9.90 Å². The molecule has 0 bridgehead atoms. The molecule has 1 aromatic heterocycles. The molecule has 1 rings (SSSR count). The van der Waals surface area contributed by atoms with Crippen molar-refractivity contribution in [2.24, 2.45) is 0 Å². The summed E-state index contributed by atoms with van der Waals surface area (Å²) in [5, 5.41) is 13.8. The van der Waals surface area contributed by atoms with Crippen LogP contribution in [0.5, 0.6) is 0 Å². The van der Waals surface area contributed by atoms with Crippen molar-refractivity contribution in [3.8, 4) is 0 Å². The molecule has 4 heteroatoms. The van der Waals surface area contributed by atoms with Gasteiger partial charge in [-0.1, -0.05) is 11.6 Å². The molecule has 15 heavy (non-hydrogen) atoms. The summed E-state index contributed by atoms with van der Waals surface area (Å²) in [5.41, 5.74) is 0.825. The van der Waals surface area contributed by atoms with Crippen molar-refractivity contribution in [1.82, 2.24) is 5.32 Å². The second kappa shape index (κ2) is 5.68. The van der Waals surface area contributed by atoms with Crippen LogP contribution in [0.1, 0.15) is 24.8 Å². The Labute approximate surface area is 93.4 Å². The van der Waals surface area contributed by atoms with Gasteiger partial charge in [0.15, 0.2) is 0 Å². The summed E-state index contributed by atoms with van der Waals surface area (Å²) in [6, 6.07) is 4.35. The second-order valence-electron chi connectivity index (χ2n) is 3.45. The Kier molecular flexibility index (Phi) is 4.52. The van der Waals surface area contributed by atoms with E-state index in [-0.39, 0.29) is 6.04 Å². The molecule has 1 heterocycles. The maximum absolute atomic E-state index is 10.4. The minimum atomic E-state index is -0.891. The fourth-order valence-corrected chi connectivity index (χ4v) is 1.97. The van der Waals surface area contributed by atoms with Gasteiger partial charge in [0.1, 0.15) is 0 Å². The molecule has 2 N–H and O–H groups in total. The lowest BCUT2D eigenvalue weighted by Crippen LogP contribution is -2.20. The lowest BCUT2D eigenvalue weighted by Gasteiger charge is -2.11. The Morgan fingerprint density at radius 3 is 3.00 bits per heavy atom. The number of thiophene rings is 1. The van der Waals surface area contributed by atoms with Gasteiger partial charge in [0, 0.05) is 23.5 Å². The standard InChI is InChI=1S/C11H15NO2S/c1-8(6-11(13)14)7-12-9(2)10-4-3-5-15-10/h3-6,9,12H,7H2,1-2H3,(H,13,14)/b8-6+/t9-/m0/s1. The van der Waals surface area contributed by atoms with Crippen LogP contribution in [0.4, 0.5) is 0 Å². The highest BCUT2D eigenvalue weighted by Gasteiger charge is 2.05. The molecule has 1 atom stereocenters. The Bertz CT molecular complexity index is 343. The fraction of sp³-hybridized carbons (Fsp3) is 0.364. The van der Waals surface area contributed by atoms with Crippen LogP contribution in [-0.2, 0) is 4.79 Å². The maximum atomic E-state index is 10.4. The van der Waals surface area contributed by atoms with E-state index in [9.17, 15) is 4.79 Å². The molecule has 0 radical (unpaired) electrons. The van der Waals surface area contributed by atoms with Crippen molar-refractivity contribution in [1.29, 1.82) is 0 Å². The third kappa shape index (κ3) is 4.27. The predicted octanol–water partition coefficient (Wildman–Crippen LogP) is 2.43. The maximum Gasteiger partial charge on any atom is 0.328 e. The second-order valence-corrected chi connectivity index (χ2v) is 4.43. The zero-order valence-electron chi connectivity index (χ0n) is 8.86. The van der Waals surface area contributed by atoms with E-state index in [4.69, 9.17) is 5.11 Å². The number of carboxylic acid groups (broad SMARTS) is 1. The largest absolute Gasteiger partial charge is 0.478 e. The molecule has 0 aromatic carbocycles. The van der Waals surface area contributed by atoms with Crippen LogP contribution < -0.4 is 5.32 Å². The van der Waals surface area contributed by atoms with Crippen LogP contribution in [0.3, 0.4) is 0 Å². The zero-order valence-corrected chi connectivity index (χ0v) is 9.67. The van der Waals surface area contributed by atoms with Crippen molar-refractivity contribution >= 4 is 17.3 Å². The lowest BCUT2D eigenvalue weighted by atomic mass is 10.2. The van der Waals surface area contributed by atoms with Crippen LogP contribution in [-0.4, -0.2) is 17.6 Å². The van der Waals surface area contributed by atoms with Crippen molar-refractivity contribution in [2.75, 3.05) is 6.54 Å². The van der Waals surface area contributed by atoms with E-state index < -0.39 is 5.97 Å². The highest BCUT2D eigenvalue weighted by atomic mass is 32.1. The SMILES string of the molecule is C/C(=C\C(=O)O)CN[C@@H](C)c1cccs1. The Hall–Kier alpha value is -1.13. The van der Waals surface area contributed by atoms with Crippen molar-refractivity contribution in [3.63, 3.8) is 0 Å². The highest BCUT2D eigenvalue weighted by molar-refractivity contribution is 7.10. The Balaban J connectivity index is 2.41. The van der Waals surface area contributed by atoms with Gasteiger partial charge in [-0.2, -0.15) is 0 Å². The molecule has 1 aromatic rings. The molecule has 0 aliphatic heterocycles. The van der Waals surface area contributed by atoms with E-state index in [0.717, 1.165) is 5.57 Å². The quantitative estimate of drug-likeness (QED) is 0.757. The molecule has 0 saturated heterocycles. The van der Waals surface area contributed by atoms with Crippen LogP contribution in [0.2, 0.25) is 0 Å². The molecular formula is C11H15NO2S. The smallest absolute Gasteiger partial charge is 0.328 e. The van der Waals surface area contributed by atoms with Crippen LogP contribution in [0.25, 0.3) is 0 Å². The molecule has 3 nitrogen and oxygen atoms in total. The van der Waals surface area contributed by atoms with Gasteiger partial charge in [0.2, 0.25) is 0 Å². The van der Waals surface area contributed by atoms with Gasteiger partial charge in [0.25, 0.3) is 0 Å². The number of nitrogens with one attached hydrogen (secondary N) is 1. The molecule has 0 saturated carbocycles. The molecule has 0 aliphatic carbocycles. The minimum Gasteiger partial charge on any atom is -0.478 e. The number of carboxylic acids is 1. The summed E-state index contributed by atoms with van der Waals surface area (Å²) < 4.78 is 0. The molecule has 0 spiro atoms. The summed E-state index contributed by atoms with van der Waals surface area (Å²) in [6.07, 6.45) is 1.23. The van der Waals surface area contributed by atoms with Gasteiger partial charge in [-0.25, -0.2) is 4.79 Å². The van der Waals surface area contributed by atoms with E-state index >= 15 is 0 Å². The van der Waals surface area contributed by atoms with Gasteiger partial charge >= 0.3 is 5.97 Å². The zero-order chi connectivity index (χ0) is 11.3. The average Bonchev–Trinajstić information content (AvgIpc) is 2.65. The van der Waals surface area contributed by atoms with E-state index in [1.54, 1.807) is 11.3 Å². The lowest BCUT2D eigenvalue weighted by molar-refractivity contribution is -0.131. The fourth-order valence-electron chi connectivity index (χ4n) is 1.21. The molecule has 82 valence electrons. The van der Waals surface area contributed by atoms with E-state index in [1.165, 1.54) is 11.0 Å². The van der Waals surface area contributed by atoms with Gasteiger partial charge in [0.05, 0.1) is 0 Å². The first-order valence-electron chi connectivity index (χ1n) is 4.76. The number of aliphatic carboxylic acids is 1. The van der Waals surface area contributed by atoms with Crippen molar-refractivity contribution in [2.45, 2.75) is 19.9 Å². The Morgan fingerprint density at radius 2 is 2.47 bits per heavy atom. The summed E-state index contributed by atoms with van der Waals surface area (Å²) in [6.45, 7) is 4.48. The van der Waals surface area contributed by atoms with Gasteiger partial charge in [-0.3, -0.25) is 0 Å². The molecule has 0 fully saturated rings. The average molecular weight is 225 g/mol. The first-order valence-corrected chi connectivity index (χ1v) is 5.64. The summed E-state index contributed by atoms with van der Waals surface area (Å²) in [5.74, 6) is -0.891. The first kappa shape index (κ1) is 11.9. The number of carbonyl (C=O) groups is 1. The van der Waals surface area contributed by atoms with Crippen LogP contribution in [0, 0.1) is 0 Å². The summed E-state index contributed by atoms with van der Waals surface area (Å²) >= 11 is 1.70. The monoisotopic (exact) mass is 225 g/mol. The third-order valence-electron chi connectivity index (χ3n) is 2.03. The predicted molar refractivity (Wildman–Crippen MR) is 62.1 cm³/mol. The molecular weight excluding hydrogens is 210 g/mol. The van der Waals surface area contributed by atoms with Crippen LogP contribution in [0.15, 0.2) is 29.2 Å². The number of rotatable bonds is 5.